The van der Waals surface area contributed by atoms with E-state index in [2.05, 4.69) is 20.6 Å². The molecule has 2 aromatic carbocycles. The van der Waals surface area contributed by atoms with Crippen LogP contribution in [0.4, 0.5) is 0 Å². The lowest BCUT2D eigenvalue weighted by molar-refractivity contribution is 0.0946. The molecule has 0 atom stereocenters. The molecule has 0 aliphatic rings. The van der Waals surface area contributed by atoms with Crippen molar-refractivity contribution >= 4 is 11.6 Å². The van der Waals surface area contributed by atoms with Crippen LogP contribution in [0.1, 0.15) is 15.9 Å². The first-order valence-corrected chi connectivity index (χ1v) is 10.0. The van der Waals surface area contributed by atoms with E-state index in [0.717, 1.165) is 11.1 Å². The third kappa shape index (κ3) is 4.31. The van der Waals surface area contributed by atoms with Crippen molar-refractivity contribution in [3.05, 3.63) is 65.7 Å². The van der Waals surface area contributed by atoms with Gasteiger partial charge in [0.1, 0.15) is 18.1 Å². The summed E-state index contributed by atoms with van der Waals surface area (Å²) in [5, 5.41) is 15.8. The lowest BCUT2D eigenvalue weighted by Crippen LogP contribution is -2.28. The Labute approximate surface area is 185 Å². The summed E-state index contributed by atoms with van der Waals surface area (Å²) in [5.41, 5.74) is 2.86. The molecule has 4 aromatic rings. The number of hydrogen-bond donors (Lipinski definition) is 1. The van der Waals surface area contributed by atoms with Crippen molar-refractivity contribution in [1.29, 1.82) is 0 Å². The maximum absolute atomic E-state index is 12.3. The largest absolute Gasteiger partial charge is 0.497 e. The summed E-state index contributed by atoms with van der Waals surface area (Å²) < 4.78 is 18.1. The highest BCUT2D eigenvalue weighted by atomic mass is 16.5. The van der Waals surface area contributed by atoms with Gasteiger partial charge >= 0.3 is 0 Å². The highest BCUT2D eigenvalue weighted by Crippen LogP contribution is 2.32. The van der Waals surface area contributed by atoms with E-state index in [1.165, 1.54) is 0 Å². The number of ether oxygens (including phenoxy) is 3. The van der Waals surface area contributed by atoms with Crippen molar-refractivity contribution in [3.8, 4) is 28.8 Å². The van der Waals surface area contributed by atoms with Crippen molar-refractivity contribution in [1.82, 2.24) is 25.1 Å². The number of rotatable bonds is 8. The number of carbonyl (C=O) groups is 1. The number of nitrogens with zero attached hydrogens (tertiary/aromatic N) is 4. The Morgan fingerprint density at radius 1 is 1.03 bits per heavy atom. The lowest BCUT2D eigenvalue weighted by Gasteiger charge is -2.10. The van der Waals surface area contributed by atoms with Gasteiger partial charge in [0.2, 0.25) is 5.88 Å². The second-order valence-corrected chi connectivity index (χ2v) is 6.95. The number of amides is 1. The molecule has 0 fully saturated rings. The zero-order valence-electron chi connectivity index (χ0n) is 18.0. The molecular formula is C23H23N5O4. The Balaban J connectivity index is 1.46. The van der Waals surface area contributed by atoms with Gasteiger partial charge in [-0.3, -0.25) is 4.79 Å². The molecule has 0 aliphatic heterocycles. The molecule has 0 saturated carbocycles. The van der Waals surface area contributed by atoms with Gasteiger partial charge in [-0.15, -0.1) is 15.3 Å². The van der Waals surface area contributed by atoms with Crippen molar-refractivity contribution in [2.24, 2.45) is 0 Å². The van der Waals surface area contributed by atoms with Crippen molar-refractivity contribution < 1.29 is 19.0 Å². The second kappa shape index (κ2) is 9.34. The van der Waals surface area contributed by atoms with Crippen LogP contribution in [0.5, 0.6) is 17.4 Å². The van der Waals surface area contributed by atoms with Gasteiger partial charge < -0.3 is 19.5 Å². The quantitative estimate of drug-likeness (QED) is 0.427. The standard InChI is InChI=1S/C23H23N5O4/c1-15-6-4-5-7-17(15)23(29)24-12-13-32-21-11-10-20-25-26-22(28(20)27-21)18-9-8-16(30-2)14-19(18)31-3/h4-11,14H,12-13H2,1-3H3,(H,24,29). The van der Waals surface area contributed by atoms with Gasteiger partial charge in [-0.1, -0.05) is 18.2 Å². The number of aryl methyl sites for hydroxylation is 1. The molecule has 9 nitrogen and oxygen atoms in total. The molecule has 164 valence electrons. The number of hydrogen-bond acceptors (Lipinski definition) is 7. The maximum atomic E-state index is 12.3. The number of carbonyl (C=O) groups excluding carboxylic acids is 1. The Morgan fingerprint density at radius 3 is 2.66 bits per heavy atom. The molecule has 1 N–H and O–H groups in total. The van der Waals surface area contributed by atoms with Crippen LogP contribution in [0, 0.1) is 6.92 Å². The monoisotopic (exact) mass is 433 g/mol. The Morgan fingerprint density at radius 2 is 1.88 bits per heavy atom. The minimum Gasteiger partial charge on any atom is -0.497 e. The van der Waals surface area contributed by atoms with Crippen LogP contribution in [0.25, 0.3) is 17.0 Å². The van der Waals surface area contributed by atoms with Gasteiger partial charge in [0.05, 0.1) is 26.3 Å². The van der Waals surface area contributed by atoms with Crippen LogP contribution in [0.2, 0.25) is 0 Å². The van der Waals surface area contributed by atoms with Crippen LogP contribution in [-0.4, -0.2) is 53.1 Å². The van der Waals surface area contributed by atoms with Crippen LogP contribution in [-0.2, 0) is 0 Å². The molecule has 0 aliphatic carbocycles. The SMILES string of the molecule is COc1ccc(-c2nnc3ccc(OCCNC(=O)c4ccccc4C)nn23)c(OC)c1. The molecule has 0 saturated heterocycles. The van der Waals surface area contributed by atoms with E-state index in [1.807, 2.05) is 37.3 Å². The average Bonchev–Trinajstić information content (AvgIpc) is 3.24. The molecule has 2 heterocycles. The fourth-order valence-electron chi connectivity index (χ4n) is 3.24. The van der Waals surface area contributed by atoms with Crippen molar-refractivity contribution in [2.45, 2.75) is 6.92 Å². The fraction of sp³-hybridized carbons (Fsp3) is 0.217. The molecule has 0 unspecified atom stereocenters. The molecule has 9 heteroatoms. The normalized spacial score (nSPS) is 10.7. The molecule has 0 bridgehead atoms. The number of benzene rings is 2. The molecule has 1 amide bonds. The van der Waals surface area contributed by atoms with E-state index in [1.54, 1.807) is 43.0 Å². The second-order valence-electron chi connectivity index (χ2n) is 6.95. The molecular weight excluding hydrogens is 410 g/mol. The van der Waals surface area contributed by atoms with E-state index < -0.39 is 0 Å². The summed E-state index contributed by atoms with van der Waals surface area (Å²) in [6, 6.07) is 16.3. The first-order chi connectivity index (χ1) is 15.6. The topological polar surface area (TPSA) is 99.9 Å². The minimum atomic E-state index is -0.136. The third-order valence-corrected chi connectivity index (χ3v) is 4.92. The van der Waals surface area contributed by atoms with Crippen molar-refractivity contribution in [3.63, 3.8) is 0 Å². The van der Waals surface area contributed by atoms with Crippen LogP contribution in [0.3, 0.4) is 0 Å². The summed E-state index contributed by atoms with van der Waals surface area (Å²) in [4.78, 5) is 12.3. The van der Waals surface area contributed by atoms with Gasteiger partial charge in [-0.05, 0) is 36.8 Å². The lowest BCUT2D eigenvalue weighted by atomic mass is 10.1. The molecule has 0 spiro atoms. The van der Waals surface area contributed by atoms with E-state index in [4.69, 9.17) is 14.2 Å². The minimum absolute atomic E-state index is 0.136. The predicted octanol–water partition coefficient (Wildman–Crippen LogP) is 2.93. The summed E-state index contributed by atoms with van der Waals surface area (Å²) in [7, 11) is 3.17. The Bertz CT molecular complexity index is 1250. The molecule has 32 heavy (non-hydrogen) atoms. The number of methoxy groups -OCH3 is 2. The van der Waals surface area contributed by atoms with E-state index in [9.17, 15) is 4.79 Å². The third-order valence-electron chi connectivity index (χ3n) is 4.92. The highest BCUT2D eigenvalue weighted by Gasteiger charge is 2.16. The van der Waals surface area contributed by atoms with Gasteiger partial charge in [-0.2, -0.15) is 4.52 Å². The molecule has 4 rings (SSSR count). The van der Waals surface area contributed by atoms with Crippen LogP contribution < -0.4 is 19.5 Å². The van der Waals surface area contributed by atoms with E-state index >= 15 is 0 Å². The maximum Gasteiger partial charge on any atom is 0.251 e. The fourth-order valence-corrected chi connectivity index (χ4v) is 3.24. The van der Waals surface area contributed by atoms with E-state index in [-0.39, 0.29) is 12.5 Å². The molecule has 0 radical (unpaired) electrons. The van der Waals surface area contributed by atoms with Gasteiger partial charge in [0.25, 0.3) is 5.91 Å². The average molecular weight is 433 g/mol. The first-order valence-electron chi connectivity index (χ1n) is 10.0. The summed E-state index contributed by atoms with van der Waals surface area (Å²) >= 11 is 0. The smallest absolute Gasteiger partial charge is 0.251 e. The van der Waals surface area contributed by atoms with Crippen molar-refractivity contribution in [2.75, 3.05) is 27.4 Å². The summed E-state index contributed by atoms with van der Waals surface area (Å²) in [6.07, 6.45) is 0. The van der Waals surface area contributed by atoms with Crippen LogP contribution in [0.15, 0.2) is 54.6 Å². The van der Waals surface area contributed by atoms with Crippen LogP contribution >= 0.6 is 0 Å². The number of fused-ring (bicyclic) bond motifs is 1. The predicted molar refractivity (Wildman–Crippen MR) is 118 cm³/mol. The zero-order valence-corrected chi connectivity index (χ0v) is 18.0. The Kier molecular flexibility index (Phi) is 6.16. The first kappa shape index (κ1) is 21.1. The highest BCUT2D eigenvalue weighted by molar-refractivity contribution is 5.95. The molecule has 2 aromatic heterocycles. The summed E-state index contributed by atoms with van der Waals surface area (Å²) in [5.74, 6) is 2.02. The summed E-state index contributed by atoms with van der Waals surface area (Å²) in [6.45, 7) is 2.51. The Hall–Kier alpha value is -4.14. The number of nitrogens with one attached hydrogen (secondary N) is 1. The van der Waals surface area contributed by atoms with Gasteiger partial charge in [0, 0.05) is 17.7 Å². The number of aromatic nitrogens is 4. The van der Waals surface area contributed by atoms with E-state index in [0.29, 0.717) is 41.0 Å². The van der Waals surface area contributed by atoms with Gasteiger partial charge in [0.15, 0.2) is 11.5 Å². The van der Waals surface area contributed by atoms with Gasteiger partial charge in [-0.25, -0.2) is 0 Å². The zero-order chi connectivity index (χ0) is 22.5.